The Bertz CT molecular complexity index is 928. The molecule has 2 aromatic rings. The molecule has 0 atom stereocenters. The number of alkyl halides is 2. The summed E-state index contributed by atoms with van der Waals surface area (Å²) in [6.45, 7) is 2.92. The Morgan fingerprint density at radius 3 is 2.38 bits per heavy atom. The molecule has 0 spiro atoms. The Balaban J connectivity index is 1.48. The van der Waals surface area contributed by atoms with Gasteiger partial charge in [0.15, 0.2) is 6.61 Å². The summed E-state index contributed by atoms with van der Waals surface area (Å²) in [6.07, 6.45) is 0. The highest BCUT2D eigenvalue weighted by atomic mass is 32.2. The number of fused-ring (bicyclic) bond motifs is 1. The van der Waals surface area contributed by atoms with Crippen molar-refractivity contribution in [2.75, 3.05) is 18.5 Å². The summed E-state index contributed by atoms with van der Waals surface area (Å²) in [7, 11) is 0. The molecule has 0 radical (unpaired) electrons. The van der Waals surface area contributed by atoms with E-state index in [1.54, 1.807) is 24.3 Å². The normalized spacial score (nSPS) is 12.9. The first kappa shape index (κ1) is 20.5. The molecule has 0 fully saturated rings. The first-order valence-electron chi connectivity index (χ1n) is 8.45. The number of thioether (sulfide) groups is 1. The molecule has 6 nitrogen and oxygen atoms in total. The van der Waals surface area contributed by atoms with Crippen molar-refractivity contribution in [1.82, 2.24) is 4.90 Å². The molecule has 2 amide bonds. The van der Waals surface area contributed by atoms with Gasteiger partial charge in [0.05, 0.1) is 0 Å². The molecule has 1 aliphatic rings. The molecule has 1 N–H and O–H groups in total. The summed E-state index contributed by atoms with van der Waals surface area (Å²) in [6, 6.07) is 12.7. The number of ether oxygens (including phenoxy) is 1. The van der Waals surface area contributed by atoms with Gasteiger partial charge in [-0.05, 0) is 30.3 Å². The monoisotopic (exact) mass is 418 g/mol. The number of esters is 1. The maximum Gasteiger partial charge on any atom is 0.326 e. The van der Waals surface area contributed by atoms with E-state index in [0.29, 0.717) is 39.2 Å². The molecule has 0 bridgehead atoms. The second-order valence-corrected chi connectivity index (χ2v) is 7.06. The van der Waals surface area contributed by atoms with Crippen LogP contribution in [-0.4, -0.2) is 41.6 Å². The molecule has 0 aromatic heterocycles. The second-order valence-electron chi connectivity index (χ2n) is 6.00. The zero-order valence-electron chi connectivity index (χ0n) is 15.1. The van der Waals surface area contributed by atoms with E-state index in [1.165, 1.54) is 29.2 Å². The third-order valence-electron chi connectivity index (χ3n) is 4.05. The second kappa shape index (κ2) is 8.87. The van der Waals surface area contributed by atoms with Crippen LogP contribution in [0.3, 0.4) is 0 Å². The fourth-order valence-corrected chi connectivity index (χ4v) is 3.24. The van der Waals surface area contributed by atoms with Gasteiger partial charge in [0.25, 0.3) is 17.6 Å². The van der Waals surface area contributed by atoms with Crippen LogP contribution >= 0.6 is 11.8 Å². The van der Waals surface area contributed by atoms with E-state index in [1.807, 2.05) is 0 Å². The van der Waals surface area contributed by atoms with E-state index in [4.69, 9.17) is 4.74 Å². The van der Waals surface area contributed by atoms with Gasteiger partial charge < -0.3 is 10.1 Å². The SMILES string of the molecule is C=C1c2ccccc2C(=O)N1CC(=O)OCC(=O)Nc1ccc(SC(F)F)cc1. The van der Waals surface area contributed by atoms with Gasteiger partial charge in [0, 0.05) is 27.4 Å². The molecule has 150 valence electrons. The summed E-state index contributed by atoms with van der Waals surface area (Å²) < 4.78 is 29.5. The van der Waals surface area contributed by atoms with Crippen LogP contribution in [0.15, 0.2) is 60.0 Å². The van der Waals surface area contributed by atoms with Gasteiger partial charge in [0.2, 0.25) is 0 Å². The van der Waals surface area contributed by atoms with Crippen LogP contribution in [0.1, 0.15) is 15.9 Å². The van der Waals surface area contributed by atoms with Gasteiger partial charge in [-0.1, -0.05) is 36.5 Å². The van der Waals surface area contributed by atoms with Crippen LogP contribution in [0.4, 0.5) is 14.5 Å². The fourth-order valence-electron chi connectivity index (χ4n) is 2.74. The lowest BCUT2D eigenvalue weighted by atomic mass is 10.1. The van der Waals surface area contributed by atoms with Crippen molar-refractivity contribution in [3.05, 3.63) is 66.2 Å². The van der Waals surface area contributed by atoms with E-state index >= 15 is 0 Å². The summed E-state index contributed by atoms with van der Waals surface area (Å²) >= 11 is 0.396. The molecule has 1 aliphatic heterocycles. The summed E-state index contributed by atoms with van der Waals surface area (Å²) in [5, 5.41) is 2.49. The Morgan fingerprint density at radius 1 is 1.10 bits per heavy atom. The number of hydrogen-bond donors (Lipinski definition) is 1. The Hall–Kier alpha value is -3.20. The molecule has 0 saturated carbocycles. The summed E-state index contributed by atoms with van der Waals surface area (Å²) in [5.74, 6) is -4.23. The fraction of sp³-hybridized carbons (Fsp3) is 0.150. The highest BCUT2D eigenvalue weighted by Gasteiger charge is 2.32. The number of anilines is 1. The highest BCUT2D eigenvalue weighted by Crippen LogP contribution is 2.30. The number of benzene rings is 2. The Morgan fingerprint density at radius 2 is 1.76 bits per heavy atom. The minimum absolute atomic E-state index is 0.353. The number of amides is 2. The zero-order chi connectivity index (χ0) is 21.0. The smallest absolute Gasteiger partial charge is 0.326 e. The zero-order valence-corrected chi connectivity index (χ0v) is 15.9. The van der Waals surface area contributed by atoms with Crippen molar-refractivity contribution < 1.29 is 27.9 Å². The van der Waals surface area contributed by atoms with Crippen LogP contribution in [-0.2, 0) is 14.3 Å². The van der Waals surface area contributed by atoms with Gasteiger partial charge in [-0.3, -0.25) is 19.3 Å². The molecule has 0 unspecified atom stereocenters. The number of rotatable bonds is 7. The molecule has 29 heavy (non-hydrogen) atoms. The number of carbonyl (C=O) groups is 3. The van der Waals surface area contributed by atoms with Crippen molar-refractivity contribution in [3.63, 3.8) is 0 Å². The third kappa shape index (κ3) is 5.00. The van der Waals surface area contributed by atoms with Crippen molar-refractivity contribution in [2.24, 2.45) is 0 Å². The summed E-state index contributed by atoms with van der Waals surface area (Å²) in [5.41, 5.74) is 1.88. The first-order valence-corrected chi connectivity index (χ1v) is 9.33. The minimum Gasteiger partial charge on any atom is -0.454 e. The van der Waals surface area contributed by atoms with E-state index in [-0.39, 0.29) is 12.5 Å². The van der Waals surface area contributed by atoms with Crippen molar-refractivity contribution >= 4 is 40.9 Å². The van der Waals surface area contributed by atoms with Gasteiger partial charge >= 0.3 is 5.97 Å². The largest absolute Gasteiger partial charge is 0.454 e. The van der Waals surface area contributed by atoms with Crippen LogP contribution in [0, 0.1) is 0 Å². The number of nitrogens with zero attached hydrogens (tertiary/aromatic N) is 1. The maximum atomic E-state index is 12.3. The predicted molar refractivity (Wildman–Crippen MR) is 104 cm³/mol. The van der Waals surface area contributed by atoms with E-state index in [2.05, 4.69) is 11.9 Å². The van der Waals surface area contributed by atoms with Crippen LogP contribution in [0.5, 0.6) is 0 Å². The van der Waals surface area contributed by atoms with Gasteiger partial charge in [-0.25, -0.2) is 0 Å². The molecule has 9 heteroatoms. The van der Waals surface area contributed by atoms with Gasteiger partial charge in [-0.15, -0.1) is 0 Å². The topological polar surface area (TPSA) is 75.7 Å². The average Bonchev–Trinajstić information content (AvgIpc) is 2.93. The number of hydrogen-bond acceptors (Lipinski definition) is 5. The van der Waals surface area contributed by atoms with E-state index in [0.717, 1.165) is 0 Å². The standard InChI is InChI=1S/C20H16F2N2O4S/c1-12-15-4-2-3-5-16(15)19(27)24(12)10-18(26)28-11-17(25)23-13-6-8-14(9-7-13)29-20(21)22/h2-9,20H,1,10-11H2,(H,23,25). The van der Waals surface area contributed by atoms with Crippen LogP contribution in [0.25, 0.3) is 5.70 Å². The Kier molecular flexibility index (Phi) is 6.28. The molecule has 1 heterocycles. The van der Waals surface area contributed by atoms with E-state index in [9.17, 15) is 23.2 Å². The number of nitrogens with one attached hydrogen (secondary N) is 1. The predicted octanol–water partition coefficient (Wildman–Crippen LogP) is 3.61. The lowest BCUT2D eigenvalue weighted by molar-refractivity contribution is -0.147. The lowest BCUT2D eigenvalue weighted by Gasteiger charge is -2.16. The van der Waals surface area contributed by atoms with E-state index < -0.39 is 24.2 Å². The quantitative estimate of drug-likeness (QED) is 0.549. The van der Waals surface area contributed by atoms with Crippen molar-refractivity contribution in [1.29, 1.82) is 0 Å². The van der Waals surface area contributed by atoms with Crippen molar-refractivity contribution in [3.8, 4) is 0 Å². The highest BCUT2D eigenvalue weighted by molar-refractivity contribution is 7.99. The third-order valence-corrected chi connectivity index (χ3v) is 4.78. The molecule has 0 aliphatic carbocycles. The van der Waals surface area contributed by atoms with Crippen LogP contribution < -0.4 is 5.32 Å². The molecule has 3 rings (SSSR count). The van der Waals surface area contributed by atoms with Gasteiger partial charge in [-0.2, -0.15) is 8.78 Å². The van der Waals surface area contributed by atoms with Crippen LogP contribution in [0.2, 0.25) is 0 Å². The number of halogens is 2. The summed E-state index contributed by atoms with van der Waals surface area (Å²) in [4.78, 5) is 37.9. The van der Waals surface area contributed by atoms with Gasteiger partial charge in [0.1, 0.15) is 6.54 Å². The molecule has 0 saturated heterocycles. The first-order chi connectivity index (χ1) is 13.8. The Labute approximate surface area is 169 Å². The number of carbonyl (C=O) groups excluding carboxylic acids is 3. The molecular weight excluding hydrogens is 402 g/mol. The molecule has 2 aromatic carbocycles. The lowest BCUT2D eigenvalue weighted by Crippen LogP contribution is -2.32. The molecular formula is C20H16F2N2O4S. The maximum absolute atomic E-state index is 12.3. The average molecular weight is 418 g/mol. The minimum atomic E-state index is -2.53. The van der Waals surface area contributed by atoms with Crippen molar-refractivity contribution in [2.45, 2.75) is 10.7 Å².